The van der Waals surface area contributed by atoms with Gasteiger partial charge in [-0.05, 0) is 25.3 Å². The van der Waals surface area contributed by atoms with E-state index in [0.717, 1.165) is 19.3 Å². The number of nitrogens with zero attached hydrogens (tertiary/aromatic N) is 2. The third kappa shape index (κ3) is 3.96. The predicted molar refractivity (Wildman–Crippen MR) is 90.4 cm³/mol. The van der Waals surface area contributed by atoms with E-state index in [2.05, 4.69) is 0 Å². The Balaban J connectivity index is 1.85. The molecule has 2 aromatic rings. The lowest BCUT2D eigenvalue weighted by Crippen LogP contribution is -2.41. The minimum Gasteiger partial charge on any atom is -0.618 e. The molecule has 1 aliphatic heterocycles. The molecule has 0 radical (unpaired) electrons. The SMILES string of the molecule is O=C(O[C@H](C(=O)N1CCCCC1)c1ccccc1)c1cccc[n+]1[O-]. The Hall–Kier alpha value is -2.89. The van der Waals surface area contributed by atoms with Crippen molar-refractivity contribution in [3.05, 3.63) is 71.2 Å². The highest BCUT2D eigenvalue weighted by Crippen LogP contribution is 2.23. The maximum Gasteiger partial charge on any atom is 0.406 e. The van der Waals surface area contributed by atoms with Crippen LogP contribution in [-0.2, 0) is 9.53 Å². The highest BCUT2D eigenvalue weighted by atomic mass is 16.6. The molecule has 1 amide bonds. The molecule has 0 spiro atoms. The molecule has 1 saturated heterocycles. The van der Waals surface area contributed by atoms with Gasteiger partial charge in [0.1, 0.15) is 0 Å². The van der Waals surface area contributed by atoms with Gasteiger partial charge in [0.05, 0.1) is 0 Å². The first-order valence-corrected chi connectivity index (χ1v) is 8.40. The largest absolute Gasteiger partial charge is 0.618 e. The smallest absolute Gasteiger partial charge is 0.406 e. The van der Waals surface area contributed by atoms with Crippen LogP contribution in [0.1, 0.15) is 41.4 Å². The summed E-state index contributed by atoms with van der Waals surface area (Å²) in [6, 6.07) is 13.4. The molecule has 130 valence electrons. The van der Waals surface area contributed by atoms with E-state index in [-0.39, 0.29) is 11.6 Å². The van der Waals surface area contributed by atoms with Crippen LogP contribution in [-0.4, -0.2) is 29.9 Å². The van der Waals surface area contributed by atoms with Crippen LogP contribution in [0.3, 0.4) is 0 Å². The van der Waals surface area contributed by atoms with Crippen LogP contribution in [0.25, 0.3) is 0 Å². The van der Waals surface area contributed by atoms with E-state index in [1.165, 1.54) is 18.3 Å². The minimum atomic E-state index is -1.05. The lowest BCUT2D eigenvalue weighted by molar-refractivity contribution is -0.608. The number of aromatic nitrogens is 1. The fourth-order valence-electron chi connectivity index (χ4n) is 2.92. The van der Waals surface area contributed by atoms with Crippen molar-refractivity contribution in [3.8, 4) is 0 Å². The fraction of sp³-hybridized carbons (Fsp3) is 0.316. The maximum atomic E-state index is 12.9. The molecule has 3 rings (SSSR count). The molecule has 2 heterocycles. The highest BCUT2D eigenvalue weighted by Gasteiger charge is 2.32. The number of piperidine rings is 1. The third-order valence-corrected chi connectivity index (χ3v) is 4.25. The van der Waals surface area contributed by atoms with Gasteiger partial charge in [-0.2, -0.15) is 4.73 Å². The Bertz CT molecular complexity index is 742. The van der Waals surface area contributed by atoms with Gasteiger partial charge >= 0.3 is 11.7 Å². The molecule has 1 aliphatic rings. The number of pyridine rings is 1. The first kappa shape index (κ1) is 17.0. The van der Waals surface area contributed by atoms with E-state index >= 15 is 0 Å². The van der Waals surface area contributed by atoms with E-state index in [9.17, 15) is 14.8 Å². The lowest BCUT2D eigenvalue weighted by Gasteiger charge is -2.30. The molecule has 0 N–H and O–H groups in total. The number of amides is 1. The Morgan fingerprint density at radius 1 is 1.00 bits per heavy atom. The fourth-order valence-corrected chi connectivity index (χ4v) is 2.92. The second kappa shape index (κ2) is 7.79. The van der Waals surface area contributed by atoms with Gasteiger partial charge < -0.3 is 14.8 Å². The summed E-state index contributed by atoms with van der Waals surface area (Å²) in [5.41, 5.74) is 0.453. The van der Waals surface area contributed by atoms with Crippen LogP contribution < -0.4 is 4.73 Å². The molecule has 0 aliphatic carbocycles. The molecule has 0 saturated carbocycles. The Labute approximate surface area is 146 Å². The number of ether oxygens (including phenoxy) is 1. The van der Waals surface area contributed by atoms with Gasteiger partial charge in [0, 0.05) is 30.8 Å². The van der Waals surface area contributed by atoms with E-state index in [4.69, 9.17) is 4.74 Å². The molecule has 6 nitrogen and oxygen atoms in total. The third-order valence-electron chi connectivity index (χ3n) is 4.25. The van der Waals surface area contributed by atoms with Crippen LogP contribution in [0.4, 0.5) is 0 Å². The Morgan fingerprint density at radius 3 is 2.36 bits per heavy atom. The lowest BCUT2D eigenvalue weighted by atomic mass is 10.1. The normalized spacial score (nSPS) is 15.4. The van der Waals surface area contributed by atoms with Crippen molar-refractivity contribution in [1.82, 2.24) is 4.90 Å². The summed E-state index contributed by atoms with van der Waals surface area (Å²) >= 11 is 0. The zero-order valence-corrected chi connectivity index (χ0v) is 13.8. The van der Waals surface area contributed by atoms with Crippen LogP contribution in [0.15, 0.2) is 54.7 Å². The molecule has 0 unspecified atom stereocenters. The summed E-state index contributed by atoms with van der Waals surface area (Å²) in [5.74, 6) is -1.05. The quantitative estimate of drug-likeness (QED) is 0.486. The number of likely N-dealkylation sites (tertiary alicyclic amines) is 1. The van der Waals surface area contributed by atoms with Crippen molar-refractivity contribution in [2.24, 2.45) is 0 Å². The van der Waals surface area contributed by atoms with Gasteiger partial charge in [-0.15, -0.1) is 0 Å². The summed E-state index contributed by atoms with van der Waals surface area (Å²) in [6.07, 6.45) is 3.16. The molecule has 25 heavy (non-hydrogen) atoms. The summed E-state index contributed by atoms with van der Waals surface area (Å²) < 4.78 is 5.91. The second-order valence-electron chi connectivity index (χ2n) is 5.99. The van der Waals surface area contributed by atoms with Crippen molar-refractivity contribution < 1.29 is 19.1 Å². The molecule has 0 bridgehead atoms. The molecule has 1 aromatic heterocycles. The highest BCUT2D eigenvalue weighted by molar-refractivity contribution is 5.90. The zero-order valence-electron chi connectivity index (χ0n) is 13.8. The number of benzene rings is 1. The summed E-state index contributed by atoms with van der Waals surface area (Å²) in [7, 11) is 0. The average Bonchev–Trinajstić information content (AvgIpc) is 2.67. The maximum absolute atomic E-state index is 12.9. The van der Waals surface area contributed by atoms with E-state index in [0.29, 0.717) is 23.4 Å². The van der Waals surface area contributed by atoms with Crippen LogP contribution >= 0.6 is 0 Å². The Kier molecular flexibility index (Phi) is 5.28. The molecular weight excluding hydrogens is 320 g/mol. The van der Waals surface area contributed by atoms with Crippen LogP contribution in [0.2, 0.25) is 0 Å². The van der Waals surface area contributed by atoms with Crippen molar-refractivity contribution in [3.63, 3.8) is 0 Å². The van der Waals surface area contributed by atoms with E-state index in [1.54, 1.807) is 35.2 Å². The van der Waals surface area contributed by atoms with Gasteiger partial charge in [-0.3, -0.25) is 4.79 Å². The molecule has 1 fully saturated rings. The standard InChI is InChI=1S/C19H20N2O4/c22-18(20-12-6-2-7-13-20)17(15-9-3-1-4-10-15)25-19(23)16-11-5-8-14-21(16)24/h1,3-5,8-11,14,17H,2,6-7,12-13H2/t17-/m0/s1. The van der Waals surface area contributed by atoms with Crippen molar-refractivity contribution >= 4 is 11.9 Å². The summed E-state index contributed by atoms with van der Waals surface area (Å²) in [5, 5.41) is 11.8. The van der Waals surface area contributed by atoms with E-state index in [1.807, 2.05) is 6.07 Å². The van der Waals surface area contributed by atoms with Gasteiger partial charge in [0.15, 0.2) is 6.20 Å². The molecule has 1 atom stereocenters. The van der Waals surface area contributed by atoms with Gasteiger partial charge in [-0.25, -0.2) is 4.79 Å². The second-order valence-corrected chi connectivity index (χ2v) is 5.99. The van der Waals surface area contributed by atoms with Crippen molar-refractivity contribution in [2.45, 2.75) is 25.4 Å². The first-order valence-electron chi connectivity index (χ1n) is 8.40. The molecule has 1 aromatic carbocycles. The summed E-state index contributed by atoms with van der Waals surface area (Å²) in [4.78, 5) is 27.1. The summed E-state index contributed by atoms with van der Waals surface area (Å²) in [6.45, 7) is 1.32. The number of hydrogen-bond donors (Lipinski definition) is 0. The topological polar surface area (TPSA) is 73.6 Å². The Morgan fingerprint density at radius 2 is 1.68 bits per heavy atom. The zero-order chi connectivity index (χ0) is 17.6. The van der Waals surface area contributed by atoms with E-state index < -0.39 is 12.1 Å². The number of carbonyl (C=O) groups is 2. The first-order chi connectivity index (χ1) is 12.2. The molecular formula is C19H20N2O4. The molecule has 6 heteroatoms. The number of rotatable bonds is 4. The van der Waals surface area contributed by atoms with Crippen LogP contribution in [0, 0.1) is 5.21 Å². The minimum absolute atomic E-state index is 0.144. The van der Waals surface area contributed by atoms with Crippen molar-refractivity contribution in [2.75, 3.05) is 13.1 Å². The number of hydrogen-bond acceptors (Lipinski definition) is 4. The monoisotopic (exact) mass is 340 g/mol. The number of esters is 1. The number of carbonyl (C=O) groups excluding carboxylic acids is 2. The predicted octanol–water partition coefficient (Wildman–Crippen LogP) is 2.23. The van der Waals surface area contributed by atoms with Crippen molar-refractivity contribution in [1.29, 1.82) is 0 Å². The van der Waals surface area contributed by atoms with Gasteiger partial charge in [-0.1, -0.05) is 30.3 Å². The van der Waals surface area contributed by atoms with Crippen LogP contribution in [0.5, 0.6) is 0 Å². The van der Waals surface area contributed by atoms with Gasteiger partial charge in [0.25, 0.3) is 5.91 Å². The average molecular weight is 340 g/mol. The van der Waals surface area contributed by atoms with Gasteiger partial charge in [0.2, 0.25) is 6.10 Å².